The van der Waals surface area contributed by atoms with Crippen LogP contribution in [0, 0.1) is 0 Å². The summed E-state index contributed by atoms with van der Waals surface area (Å²) in [6.45, 7) is 2.93. The molecule has 1 aliphatic heterocycles. The molecule has 1 aliphatic rings. The zero-order valence-electron chi connectivity index (χ0n) is 9.90. The Kier molecular flexibility index (Phi) is 3.69. The van der Waals surface area contributed by atoms with Crippen molar-refractivity contribution in [2.75, 3.05) is 12.4 Å². The van der Waals surface area contributed by atoms with E-state index in [-0.39, 0.29) is 5.75 Å². The first-order valence-corrected chi connectivity index (χ1v) is 7.48. The Labute approximate surface area is 102 Å². The molecule has 0 aliphatic carbocycles. The van der Waals surface area contributed by atoms with Gasteiger partial charge in [-0.15, -0.1) is 0 Å². The summed E-state index contributed by atoms with van der Waals surface area (Å²) in [6, 6.07) is 5.82. The monoisotopic (exact) mass is 255 g/mol. The van der Waals surface area contributed by atoms with Crippen LogP contribution >= 0.6 is 0 Å². The van der Waals surface area contributed by atoms with Gasteiger partial charge < -0.3 is 4.74 Å². The highest BCUT2D eigenvalue weighted by molar-refractivity contribution is 7.89. The smallest absolute Gasteiger partial charge is 0.211 e. The lowest BCUT2D eigenvalue weighted by atomic mass is 10.1. The van der Waals surface area contributed by atoms with E-state index in [2.05, 4.69) is 4.72 Å². The molecule has 1 aromatic carbocycles. The molecule has 0 bridgehead atoms. The summed E-state index contributed by atoms with van der Waals surface area (Å²) in [7, 11) is -3.13. The lowest BCUT2D eigenvalue weighted by molar-refractivity contribution is 0.357. The van der Waals surface area contributed by atoms with E-state index in [1.54, 1.807) is 0 Å². The second kappa shape index (κ2) is 5.06. The van der Waals surface area contributed by atoms with Crippen molar-refractivity contribution in [3.05, 3.63) is 29.3 Å². The highest BCUT2D eigenvalue weighted by Gasteiger charge is 2.13. The predicted molar refractivity (Wildman–Crippen MR) is 66.6 cm³/mol. The SMILES string of the molecule is CCCS(=O)(=O)NCc1ccc2c(c1)CCO2. The van der Waals surface area contributed by atoms with Crippen LogP contribution in [0.15, 0.2) is 18.2 Å². The number of ether oxygens (including phenoxy) is 1. The number of hydrogen-bond acceptors (Lipinski definition) is 3. The number of fused-ring (bicyclic) bond motifs is 1. The molecule has 1 N–H and O–H groups in total. The molecule has 0 spiro atoms. The molecule has 0 radical (unpaired) electrons. The molecule has 5 heteroatoms. The van der Waals surface area contributed by atoms with E-state index >= 15 is 0 Å². The van der Waals surface area contributed by atoms with Crippen LogP contribution in [0.2, 0.25) is 0 Å². The number of rotatable bonds is 5. The van der Waals surface area contributed by atoms with Crippen molar-refractivity contribution in [3.63, 3.8) is 0 Å². The van der Waals surface area contributed by atoms with Gasteiger partial charge in [-0.2, -0.15) is 0 Å². The first kappa shape index (κ1) is 12.4. The van der Waals surface area contributed by atoms with Crippen molar-refractivity contribution in [1.82, 2.24) is 4.72 Å². The fourth-order valence-corrected chi connectivity index (χ4v) is 2.95. The van der Waals surface area contributed by atoms with Gasteiger partial charge in [-0.05, 0) is 23.6 Å². The summed E-state index contributed by atoms with van der Waals surface area (Å²) in [6.07, 6.45) is 1.54. The highest BCUT2D eigenvalue weighted by atomic mass is 32.2. The van der Waals surface area contributed by atoms with E-state index in [0.29, 0.717) is 13.0 Å². The van der Waals surface area contributed by atoms with Gasteiger partial charge in [0.15, 0.2) is 0 Å². The van der Waals surface area contributed by atoms with Crippen molar-refractivity contribution in [2.45, 2.75) is 26.3 Å². The Morgan fingerprint density at radius 2 is 2.24 bits per heavy atom. The van der Waals surface area contributed by atoms with Crippen LogP contribution in [0.25, 0.3) is 0 Å². The van der Waals surface area contributed by atoms with E-state index in [1.807, 2.05) is 25.1 Å². The Hall–Kier alpha value is -1.07. The van der Waals surface area contributed by atoms with E-state index in [9.17, 15) is 8.42 Å². The van der Waals surface area contributed by atoms with Crippen molar-refractivity contribution in [1.29, 1.82) is 0 Å². The largest absolute Gasteiger partial charge is 0.493 e. The number of hydrogen-bond donors (Lipinski definition) is 1. The first-order chi connectivity index (χ1) is 8.11. The summed E-state index contributed by atoms with van der Waals surface area (Å²) in [5, 5.41) is 0. The van der Waals surface area contributed by atoms with Gasteiger partial charge in [0.05, 0.1) is 12.4 Å². The quantitative estimate of drug-likeness (QED) is 0.866. The molecular weight excluding hydrogens is 238 g/mol. The van der Waals surface area contributed by atoms with Gasteiger partial charge in [0.1, 0.15) is 5.75 Å². The van der Waals surface area contributed by atoms with Crippen LogP contribution in [0.4, 0.5) is 0 Å². The molecule has 2 rings (SSSR count). The minimum Gasteiger partial charge on any atom is -0.493 e. The van der Waals surface area contributed by atoms with Gasteiger partial charge in [-0.3, -0.25) is 0 Å². The normalized spacial score (nSPS) is 14.4. The zero-order chi connectivity index (χ0) is 12.3. The van der Waals surface area contributed by atoms with Crippen LogP contribution in [-0.4, -0.2) is 20.8 Å². The molecule has 1 heterocycles. The number of sulfonamides is 1. The molecule has 1 aromatic rings. The lowest BCUT2D eigenvalue weighted by Crippen LogP contribution is -2.25. The average molecular weight is 255 g/mol. The standard InChI is InChI=1S/C12H17NO3S/c1-2-7-17(14,15)13-9-10-3-4-12-11(8-10)5-6-16-12/h3-4,8,13H,2,5-7,9H2,1H3. The average Bonchev–Trinajstić information content (AvgIpc) is 2.73. The van der Waals surface area contributed by atoms with Gasteiger partial charge >= 0.3 is 0 Å². The van der Waals surface area contributed by atoms with Crippen LogP contribution in [-0.2, 0) is 23.0 Å². The molecular formula is C12H17NO3S. The second-order valence-corrected chi connectivity index (χ2v) is 6.11. The molecule has 0 unspecified atom stereocenters. The molecule has 4 nitrogen and oxygen atoms in total. The molecule has 0 fully saturated rings. The van der Waals surface area contributed by atoms with Crippen molar-refractivity contribution in [2.24, 2.45) is 0 Å². The summed E-state index contributed by atoms with van der Waals surface area (Å²) >= 11 is 0. The van der Waals surface area contributed by atoms with Crippen LogP contribution in [0.3, 0.4) is 0 Å². The third-order valence-electron chi connectivity index (χ3n) is 2.72. The molecule has 0 aromatic heterocycles. The zero-order valence-corrected chi connectivity index (χ0v) is 10.7. The molecule has 0 atom stereocenters. The van der Waals surface area contributed by atoms with Crippen LogP contribution < -0.4 is 9.46 Å². The molecule has 17 heavy (non-hydrogen) atoms. The number of nitrogens with one attached hydrogen (secondary N) is 1. The first-order valence-electron chi connectivity index (χ1n) is 5.82. The Balaban J connectivity index is 2.00. The third-order valence-corrected chi connectivity index (χ3v) is 4.25. The van der Waals surface area contributed by atoms with Crippen LogP contribution in [0.5, 0.6) is 5.75 Å². The lowest BCUT2D eigenvalue weighted by Gasteiger charge is -2.07. The summed E-state index contributed by atoms with van der Waals surface area (Å²) in [5.41, 5.74) is 2.14. The summed E-state index contributed by atoms with van der Waals surface area (Å²) in [4.78, 5) is 0. The molecule has 94 valence electrons. The minimum absolute atomic E-state index is 0.182. The Bertz CT molecular complexity index is 496. The maximum absolute atomic E-state index is 11.5. The number of benzene rings is 1. The molecule has 0 saturated heterocycles. The maximum Gasteiger partial charge on any atom is 0.211 e. The van der Waals surface area contributed by atoms with E-state index in [0.717, 1.165) is 29.9 Å². The van der Waals surface area contributed by atoms with E-state index in [4.69, 9.17) is 4.74 Å². The second-order valence-electron chi connectivity index (χ2n) is 4.18. The molecule has 0 saturated carbocycles. The van der Waals surface area contributed by atoms with Gasteiger partial charge in [0.2, 0.25) is 10.0 Å². The minimum atomic E-state index is -3.13. The van der Waals surface area contributed by atoms with Gasteiger partial charge in [-0.1, -0.05) is 19.1 Å². The van der Waals surface area contributed by atoms with E-state index < -0.39 is 10.0 Å². The van der Waals surface area contributed by atoms with Crippen LogP contribution in [0.1, 0.15) is 24.5 Å². The van der Waals surface area contributed by atoms with Crippen molar-refractivity contribution in [3.8, 4) is 5.75 Å². The van der Waals surface area contributed by atoms with Gasteiger partial charge in [-0.25, -0.2) is 13.1 Å². The fraction of sp³-hybridized carbons (Fsp3) is 0.500. The summed E-state index contributed by atoms with van der Waals surface area (Å²) in [5.74, 6) is 1.10. The third kappa shape index (κ3) is 3.20. The van der Waals surface area contributed by atoms with Crippen molar-refractivity contribution < 1.29 is 13.2 Å². The summed E-state index contributed by atoms with van der Waals surface area (Å²) < 4.78 is 31.0. The van der Waals surface area contributed by atoms with Gasteiger partial charge in [0.25, 0.3) is 0 Å². The Morgan fingerprint density at radius 3 is 3.00 bits per heavy atom. The maximum atomic E-state index is 11.5. The Morgan fingerprint density at radius 1 is 1.41 bits per heavy atom. The van der Waals surface area contributed by atoms with Gasteiger partial charge in [0, 0.05) is 13.0 Å². The fourth-order valence-electron chi connectivity index (χ4n) is 1.88. The van der Waals surface area contributed by atoms with E-state index in [1.165, 1.54) is 0 Å². The van der Waals surface area contributed by atoms with Crippen molar-refractivity contribution >= 4 is 10.0 Å². The molecule has 0 amide bonds. The topological polar surface area (TPSA) is 55.4 Å². The highest BCUT2D eigenvalue weighted by Crippen LogP contribution is 2.25. The predicted octanol–water partition coefficient (Wildman–Crippen LogP) is 1.45.